The van der Waals surface area contributed by atoms with E-state index in [0.717, 1.165) is 5.71 Å². The summed E-state index contributed by atoms with van der Waals surface area (Å²) in [5.74, 6) is 0.00914. The first-order valence-corrected chi connectivity index (χ1v) is 5.67. The number of aromatic nitrogens is 1. The number of carbonyl (C=O) groups excluding carboxylic acids is 1. The topological polar surface area (TPSA) is 45.6 Å². The van der Waals surface area contributed by atoms with E-state index in [4.69, 9.17) is 0 Å². The van der Waals surface area contributed by atoms with Crippen LogP contribution in [0.15, 0.2) is 16.7 Å². The van der Waals surface area contributed by atoms with Crippen LogP contribution < -0.4 is 5.01 Å². The Morgan fingerprint density at radius 1 is 1.47 bits per heavy atom. The highest BCUT2D eigenvalue weighted by Gasteiger charge is 2.32. The van der Waals surface area contributed by atoms with Gasteiger partial charge in [0, 0.05) is 17.0 Å². The minimum atomic E-state index is -0.0539. The largest absolute Gasteiger partial charge is 0.272 e. The van der Waals surface area contributed by atoms with Gasteiger partial charge in [-0.05, 0) is 0 Å². The fourth-order valence-corrected chi connectivity index (χ4v) is 1.92. The van der Waals surface area contributed by atoms with Gasteiger partial charge in [-0.1, -0.05) is 20.8 Å². The maximum absolute atomic E-state index is 11.7. The Bertz CT molecular complexity index is 403. The average molecular weight is 223 g/mol. The van der Waals surface area contributed by atoms with Crippen molar-refractivity contribution in [3.8, 4) is 0 Å². The van der Waals surface area contributed by atoms with E-state index in [9.17, 15) is 4.79 Å². The summed E-state index contributed by atoms with van der Waals surface area (Å²) >= 11 is 1.42. The Hall–Kier alpha value is -1.23. The van der Waals surface area contributed by atoms with Crippen molar-refractivity contribution < 1.29 is 4.79 Å². The van der Waals surface area contributed by atoms with Crippen LogP contribution in [-0.4, -0.2) is 16.6 Å². The Labute approximate surface area is 92.6 Å². The summed E-state index contributed by atoms with van der Waals surface area (Å²) in [5.41, 5.74) is 0.865. The highest BCUT2D eigenvalue weighted by atomic mass is 32.1. The second-order valence-corrected chi connectivity index (χ2v) is 5.37. The number of hydrogen-bond donors (Lipinski definition) is 0. The molecule has 0 spiro atoms. The number of hydrazone groups is 1. The van der Waals surface area contributed by atoms with E-state index in [1.807, 2.05) is 5.38 Å². The van der Waals surface area contributed by atoms with Crippen LogP contribution in [0.2, 0.25) is 0 Å². The second-order valence-electron chi connectivity index (χ2n) is 4.49. The van der Waals surface area contributed by atoms with Crippen molar-refractivity contribution in [2.45, 2.75) is 27.2 Å². The van der Waals surface area contributed by atoms with E-state index in [0.29, 0.717) is 11.6 Å². The molecule has 1 amide bonds. The van der Waals surface area contributed by atoms with Crippen LogP contribution in [0, 0.1) is 5.41 Å². The quantitative estimate of drug-likeness (QED) is 0.733. The van der Waals surface area contributed by atoms with Gasteiger partial charge in [0.25, 0.3) is 5.91 Å². The van der Waals surface area contributed by atoms with Crippen molar-refractivity contribution in [1.82, 2.24) is 4.98 Å². The van der Waals surface area contributed by atoms with Crippen molar-refractivity contribution >= 4 is 28.1 Å². The van der Waals surface area contributed by atoms with E-state index in [2.05, 4.69) is 30.9 Å². The Kier molecular flexibility index (Phi) is 2.34. The first-order chi connectivity index (χ1) is 6.98. The molecule has 0 fully saturated rings. The van der Waals surface area contributed by atoms with Crippen molar-refractivity contribution in [2.24, 2.45) is 10.5 Å². The van der Waals surface area contributed by atoms with Gasteiger partial charge in [-0.15, -0.1) is 11.3 Å². The van der Waals surface area contributed by atoms with Gasteiger partial charge in [0.1, 0.15) is 0 Å². The van der Waals surface area contributed by atoms with Gasteiger partial charge in [0.2, 0.25) is 5.13 Å². The van der Waals surface area contributed by atoms with E-state index < -0.39 is 0 Å². The molecule has 0 N–H and O–H groups in total. The molecule has 1 aliphatic rings. The molecule has 1 aliphatic heterocycles. The minimum absolute atomic E-state index is 0.00914. The molecule has 4 nitrogen and oxygen atoms in total. The lowest BCUT2D eigenvalue weighted by Crippen LogP contribution is -2.20. The molecule has 15 heavy (non-hydrogen) atoms. The van der Waals surface area contributed by atoms with Gasteiger partial charge in [-0.3, -0.25) is 4.79 Å². The summed E-state index contributed by atoms with van der Waals surface area (Å²) in [5, 5.41) is 8.23. The monoisotopic (exact) mass is 223 g/mol. The van der Waals surface area contributed by atoms with Crippen LogP contribution in [0.5, 0.6) is 0 Å². The standard InChI is InChI=1S/C10H13N3OS/c1-10(2,3)7-6-8(14)13(12-7)9-11-4-5-15-9/h4-5H,6H2,1-3H3. The lowest BCUT2D eigenvalue weighted by molar-refractivity contribution is -0.116. The van der Waals surface area contributed by atoms with Crippen molar-refractivity contribution in [1.29, 1.82) is 0 Å². The molecule has 5 heteroatoms. The van der Waals surface area contributed by atoms with Crippen molar-refractivity contribution in [3.63, 3.8) is 0 Å². The van der Waals surface area contributed by atoms with Crippen LogP contribution in [0.4, 0.5) is 5.13 Å². The smallest absolute Gasteiger partial charge is 0.255 e. The molecule has 0 saturated carbocycles. The summed E-state index contributed by atoms with van der Waals surface area (Å²) in [4.78, 5) is 15.8. The van der Waals surface area contributed by atoms with Crippen LogP contribution in [0.1, 0.15) is 27.2 Å². The molecular weight excluding hydrogens is 210 g/mol. The third-order valence-corrected chi connectivity index (χ3v) is 2.99. The Morgan fingerprint density at radius 3 is 2.67 bits per heavy atom. The van der Waals surface area contributed by atoms with E-state index in [1.54, 1.807) is 6.20 Å². The van der Waals surface area contributed by atoms with E-state index in [-0.39, 0.29) is 11.3 Å². The summed E-state index contributed by atoms with van der Waals surface area (Å²) < 4.78 is 0. The number of thiazole rings is 1. The van der Waals surface area contributed by atoms with Gasteiger partial charge >= 0.3 is 0 Å². The highest BCUT2D eigenvalue weighted by molar-refractivity contribution is 7.13. The summed E-state index contributed by atoms with van der Waals surface area (Å²) in [6.45, 7) is 6.18. The molecule has 0 aromatic carbocycles. The summed E-state index contributed by atoms with van der Waals surface area (Å²) in [7, 11) is 0. The number of rotatable bonds is 1. The fourth-order valence-electron chi connectivity index (χ4n) is 1.32. The van der Waals surface area contributed by atoms with Gasteiger partial charge < -0.3 is 0 Å². The third kappa shape index (κ3) is 1.92. The maximum atomic E-state index is 11.7. The SMILES string of the molecule is CC(C)(C)C1=NN(c2nccs2)C(=O)C1. The Morgan fingerprint density at radius 2 is 2.20 bits per heavy atom. The molecule has 1 aromatic heterocycles. The molecule has 80 valence electrons. The number of anilines is 1. The van der Waals surface area contributed by atoms with Gasteiger partial charge in [-0.2, -0.15) is 10.1 Å². The molecular formula is C10H13N3OS. The number of carbonyl (C=O) groups is 1. The second kappa shape index (κ2) is 3.41. The maximum Gasteiger partial charge on any atom is 0.255 e. The molecule has 2 heterocycles. The zero-order chi connectivity index (χ0) is 11.1. The normalized spacial score (nSPS) is 17.1. The summed E-state index contributed by atoms with van der Waals surface area (Å²) in [6, 6.07) is 0. The fraction of sp³-hybridized carbons (Fsp3) is 0.500. The minimum Gasteiger partial charge on any atom is -0.272 e. The lowest BCUT2D eigenvalue weighted by atomic mass is 9.88. The number of nitrogens with zero attached hydrogens (tertiary/aromatic N) is 3. The molecule has 0 radical (unpaired) electrons. The third-order valence-electron chi connectivity index (χ3n) is 2.24. The molecule has 0 saturated heterocycles. The van der Waals surface area contributed by atoms with Crippen LogP contribution >= 0.6 is 11.3 Å². The first kappa shape index (κ1) is 10.3. The average Bonchev–Trinajstić information content (AvgIpc) is 2.69. The summed E-state index contributed by atoms with van der Waals surface area (Å²) in [6.07, 6.45) is 2.08. The van der Waals surface area contributed by atoms with Gasteiger partial charge in [0.05, 0.1) is 12.1 Å². The van der Waals surface area contributed by atoms with E-state index in [1.165, 1.54) is 16.3 Å². The zero-order valence-corrected chi connectivity index (χ0v) is 9.84. The molecule has 0 aliphatic carbocycles. The Balaban J connectivity index is 2.29. The van der Waals surface area contributed by atoms with Gasteiger partial charge in [-0.25, -0.2) is 4.98 Å². The van der Waals surface area contributed by atoms with Crippen molar-refractivity contribution in [3.05, 3.63) is 11.6 Å². The lowest BCUT2D eigenvalue weighted by Gasteiger charge is -2.16. The van der Waals surface area contributed by atoms with Crippen LogP contribution in [-0.2, 0) is 4.79 Å². The predicted molar refractivity (Wildman–Crippen MR) is 61.1 cm³/mol. The van der Waals surface area contributed by atoms with Crippen molar-refractivity contribution in [2.75, 3.05) is 5.01 Å². The molecule has 2 rings (SSSR count). The molecule has 0 unspecified atom stereocenters. The van der Waals surface area contributed by atoms with Gasteiger partial charge in [0.15, 0.2) is 0 Å². The highest BCUT2D eigenvalue weighted by Crippen LogP contribution is 2.28. The van der Waals surface area contributed by atoms with E-state index >= 15 is 0 Å². The molecule has 1 aromatic rings. The number of amides is 1. The zero-order valence-electron chi connectivity index (χ0n) is 9.02. The predicted octanol–water partition coefficient (Wildman–Crippen LogP) is 2.28. The van der Waals surface area contributed by atoms with Crippen LogP contribution in [0.3, 0.4) is 0 Å². The number of hydrogen-bond acceptors (Lipinski definition) is 4. The molecule has 0 bridgehead atoms. The van der Waals surface area contributed by atoms with Crippen LogP contribution in [0.25, 0.3) is 0 Å². The molecule has 0 atom stereocenters. The first-order valence-electron chi connectivity index (χ1n) is 4.79.